The van der Waals surface area contributed by atoms with Gasteiger partial charge >= 0.3 is 0 Å². The lowest BCUT2D eigenvalue weighted by Gasteiger charge is -2.40. The first-order valence-electron chi connectivity index (χ1n) is 8.27. The van der Waals surface area contributed by atoms with E-state index in [2.05, 4.69) is 28.1 Å². The van der Waals surface area contributed by atoms with Crippen LogP contribution in [0.4, 0.5) is 0 Å². The summed E-state index contributed by atoms with van der Waals surface area (Å²) in [6, 6.07) is 0.504. The van der Waals surface area contributed by atoms with Crippen LogP contribution < -0.4 is 16.0 Å². The minimum Gasteiger partial charge on any atom is -0.372 e. The second kappa shape index (κ2) is 6.57. The third-order valence-electron chi connectivity index (χ3n) is 4.85. The molecular formula is C17H26N4O. The number of piperidine rings is 1. The van der Waals surface area contributed by atoms with Crippen LogP contribution in [0.2, 0.25) is 0 Å². The van der Waals surface area contributed by atoms with Gasteiger partial charge in [0, 0.05) is 37.3 Å². The summed E-state index contributed by atoms with van der Waals surface area (Å²) in [5.74, 6) is 0.635. The zero-order valence-electron chi connectivity index (χ0n) is 13.5. The monoisotopic (exact) mass is 302 g/mol. The summed E-state index contributed by atoms with van der Waals surface area (Å²) in [4.78, 5) is 13.7. The van der Waals surface area contributed by atoms with Gasteiger partial charge in [-0.3, -0.25) is 4.79 Å². The number of hydrogen-bond donors (Lipinski definition) is 3. The largest absolute Gasteiger partial charge is 0.372 e. The van der Waals surface area contributed by atoms with Crippen LogP contribution in [0.15, 0.2) is 35.3 Å². The molecule has 0 aromatic carbocycles. The van der Waals surface area contributed by atoms with Gasteiger partial charge in [-0.2, -0.15) is 0 Å². The maximum atomic E-state index is 11.8. The van der Waals surface area contributed by atoms with Gasteiger partial charge in [0.15, 0.2) is 0 Å². The molecule has 0 saturated carbocycles. The van der Waals surface area contributed by atoms with E-state index in [1.54, 1.807) is 6.92 Å². The number of fused-ring (bicyclic) bond motifs is 1. The summed E-state index contributed by atoms with van der Waals surface area (Å²) in [6.45, 7) is 6.31. The van der Waals surface area contributed by atoms with Gasteiger partial charge in [-0.15, -0.1) is 0 Å². The number of rotatable bonds is 3. The molecule has 0 spiro atoms. The lowest BCUT2D eigenvalue weighted by molar-refractivity contribution is -0.127. The second-order valence-electron chi connectivity index (χ2n) is 6.19. The van der Waals surface area contributed by atoms with Crippen LogP contribution in [-0.4, -0.2) is 36.6 Å². The standard InChI is InChI=1S/C17H26N4O/c1-3-21(12(2)22)15-4-5-17-16(9-15)13(6-7-19-17)8-14-10-18-11-20-14/h4,8,10,16-20H,3,5-7,9,11H2,1-2H3/b13-8+. The fraction of sp³-hybridized carbons (Fsp3) is 0.588. The van der Waals surface area contributed by atoms with Crippen molar-refractivity contribution in [2.45, 2.75) is 39.2 Å². The predicted octanol–water partition coefficient (Wildman–Crippen LogP) is 1.43. The molecule has 22 heavy (non-hydrogen) atoms. The van der Waals surface area contributed by atoms with Crippen molar-refractivity contribution in [3.63, 3.8) is 0 Å². The number of nitrogens with one attached hydrogen (secondary N) is 3. The van der Waals surface area contributed by atoms with E-state index in [0.717, 1.165) is 39.0 Å². The molecule has 2 aliphatic heterocycles. The molecule has 120 valence electrons. The van der Waals surface area contributed by atoms with Crippen LogP contribution in [0.1, 0.15) is 33.1 Å². The van der Waals surface area contributed by atoms with Crippen molar-refractivity contribution in [3.8, 4) is 0 Å². The highest BCUT2D eigenvalue weighted by Crippen LogP contribution is 2.36. The van der Waals surface area contributed by atoms with E-state index in [-0.39, 0.29) is 5.91 Å². The quantitative estimate of drug-likeness (QED) is 0.738. The molecule has 1 saturated heterocycles. The molecule has 1 amide bonds. The summed E-state index contributed by atoms with van der Waals surface area (Å²) in [6.07, 6.45) is 9.63. The van der Waals surface area contributed by atoms with Gasteiger partial charge in [0.25, 0.3) is 0 Å². The highest BCUT2D eigenvalue weighted by Gasteiger charge is 2.33. The molecule has 1 aliphatic carbocycles. The van der Waals surface area contributed by atoms with Gasteiger partial charge in [-0.25, -0.2) is 0 Å². The summed E-state index contributed by atoms with van der Waals surface area (Å²) in [7, 11) is 0. The highest BCUT2D eigenvalue weighted by atomic mass is 16.2. The van der Waals surface area contributed by atoms with Gasteiger partial charge in [-0.05, 0) is 38.8 Å². The smallest absolute Gasteiger partial charge is 0.223 e. The fourth-order valence-corrected chi connectivity index (χ4v) is 3.77. The van der Waals surface area contributed by atoms with Crippen LogP contribution >= 0.6 is 0 Å². The van der Waals surface area contributed by atoms with Gasteiger partial charge in [0.1, 0.15) is 0 Å². The topological polar surface area (TPSA) is 56.4 Å². The number of carbonyl (C=O) groups excluding carboxylic acids is 1. The summed E-state index contributed by atoms with van der Waals surface area (Å²) in [5, 5.41) is 10.2. The van der Waals surface area contributed by atoms with Gasteiger partial charge in [0.2, 0.25) is 5.91 Å². The third kappa shape index (κ3) is 3.04. The molecule has 5 nitrogen and oxygen atoms in total. The Morgan fingerprint density at radius 3 is 3.05 bits per heavy atom. The Morgan fingerprint density at radius 2 is 2.36 bits per heavy atom. The van der Waals surface area contributed by atoms with E-state index >= 15 is 0 Å². The number of carbonyl (C=O) groups is 1. The summed E-state index contributed by atoms with van der Waals surface area (Å²) < 4.78 is 0. The number of hydrogen-bond acceptors (Lipinski definition) is 4. The van der Waals surface area contributed by atoms with Crippen molar-refractivity contribution < 1.29 is 4.79 Å². The molecular weight excluding hydrogens is 276 g/mol. The van der Waals surface area contributed by atoms with Crippen LogP contribution in [-0.2, 0) is 4.79 Å². The van der Waals surface area contributed by atoms with Crippen molar-refractivity contribution in [2.24, 2.45) is 5.92 Å². The lowest BCUT2D eigenvalue weighted by atomic mass is 9.77. The predicted molar refractivity (Wildman–Crippen MR) is 87.6 cm³/mol. The normalized spacial score (nSPS) is 29.1. The van der Waals surface area contributed by atoms with E-state index in [4.69, 9.17) is 0 Å². The first kappa shape index (κ1) is 15.2. The van der Waals surface area contributed by atoms with E-state index < -0.39 is 0 Å². The second-order valence-corrected chi connectivity index (χ2v) is 6.19. The van der Waals surface area contributed by atoms with Gasteiger partial charge in [0.05, 0.1) is 12.4 Å². The Morgan fingerprint density at radius 1 is 1.50 bits per heavy atom. The van der Waals surface area contributed by atoms with Crippen LogP contribution in [0.3, 0.4) is 0 Å². The zero-order chi connectivity index (χ0) is 15.5. The molecule has 3 N–H and O–H groups in total. The Labute approximate surface area is 132 Å². The SMILES string of the molecule is CCN(C(C)=O)C1=CCC2NCC/C(=C\C3=CNCN3)C2C1. The van der Waals surface area contributed by atoms with E-state index in [1.807, 2.05) is 18.0 Å². The first-order chi connectivity index (χ1) is 10.7. The Hall–Kier alpha value is -1.75. The molecule has 3 rings (SSSR count). The molecule has 2 atom stereocenters. The van der Waals surface area contributed by atoms with Crippen molar-refractivity contribution >= 4 is 5.91 Å². The van der Waals surface area contributed by atoms with E-state index in [0.29, 0.717) is 12.0 Å². The number of nitrogens with zero attached hydrogens (tertiary/aromatic N) is 1. The Kier molecular flexibility index (Phi) is 4.52. The average Bonchev–Trinajstić information content (AvgIpc) is 3.01. The maximum Gasteiger partial charge on any atom is 0.223 e. The van der Waals surface area contributed by atoms with E-state index in [1.165, 1.54) is 17.0 Å². The molecule has 1 fully saturated rings. The summed E-state index contributed by atoms with van der Waals surface area (Å²) >= 11 is 0. The molecule has 0 radical (unpaired) electrons. The van der Waals surface area contributed by atoms with Crippen molar-refractivity contribution in [1.29, 1.82) is 0 Å². The number of amides is 1. The zero-order valence-corrected chi connectivity index (χ0v) is 13.5. The molecule has 0 aromatic heterocycles. The number of allylic oxidation sites excluding steroid dienone is 2. The maximum absolute atomic E-state index is 11.8. The lowest BCUT2D eigenvalue weighted by Crippen LogP contribution is -2.45. The van der Waals surface area contributed by atoms with E-state index in [9.17, 15) is 4.79 Å². The highest BCUT2D eigenvalue weighted by molar-refractivity contribution is 5.75. The van der Waals surface area contributed by atoms with Gasteiger partial charge < -0.3 is 20.9 Å². The average molecular weight is 302 g/mol. The van der Waals surface area contributed by atoms with Crippen molar-refractivity contribution in [1.82, 2.24) is 20.9 Å². The first-order valence-corrected chi connectivity index (χ1v) is 8.27. The third-order valence-corrected chi connectivity index (χ3v) is 4.85. The Balaban J connectivity index is 1.80. The molecule has 2 unspecified atom stereocenters. The molecule has 0 bridgehead atoms. The van der Waals surface area contributed by atoms with Gasteiger partial charge in [-0.1, -0.05) is 11.6 Å². The van der Waals surface area contributed by atoms with Crippen LogP contribution in [0, 0.1) is 5.92 Å². The van der Waals surface area contributed by atoms with Crippen LogP contribution in [0.5, 0.6) is 0 Å². The fourth-order valence-electron chi connectivity index (χ4n) is 3.77. The van der Waals surface area contributed by atoms with Crippen LogP contribution in [0.25, 0.3) is 0 Å². The summed E-state index contributed by atoms with van der Waals surface area (Å²) in [5.41, 5.74) is 3.86. The Bertz CT molecular complexity index is 535. The van der Waals surface area contributed by atoms with Crippen molar-refractivity contribution in [2.75, 3.05) is 19.8 Å². The molecule has 3 aliphatic rings. The van der Waals surface area contributed by atoms with Crippen molar-refractivity contribution in [3.05, 3.63) is 35.3 Å². The minimum absolute atomic E-state index is 0.144. The molecule has 5 heteroatoms. The molecule has 2 heterocycles. The molecule has 0 aromatic rings. The minimum atomic E-state index is 0.144.